The molecule has 0 aliphatic rings. The van der Waals surface area contributed by atoms with Crippen LogP contribution < -0.4 is 5.73 Å². The minimum Gasteiger partial charge on any atom is -0.396 e. The maximum absolute atomic E-state index is 10.9. The zero-order valence-corrected chi connectivity index (χ0v) is 8.20. The predicted octanol–water partition coefficient (Wildman–Crippen LogP) is -1.63. The van der Waals surface area contributed by atoms with Gasteiger partial charge in [0.05, 0.1) is 0 Å². The van der Waals surface area contributed by atoms with Crippen LogP contribution in [-0.2, 0) is 6.54 Å². The number of primary amides is 1. The molecule has 0 unspecified atom stereocenters. The molecule has 0 saturated heterocycles. The van der Waals surface area contributed by atoms with Crippen molar-refractivity contribution < 1.29 is 15.0 Å². The molecule has 1 rings (SSSR count). The van der Waals surface area contributed by atoms with Crippen molar-refractivity contribution >= 4 is 5.91 Å². The summed E-state index contributed by atoms with van der Waals surface area (Å²) in [5.41, 5.74) is 5.08. The first-order valence-corrected chi connectivity index (χ1v) is 4.58. The van der Waals surface area contributed by atoms with Crippen molar-refractivity contribution in [2.24, 2.45) is 11.7 Å². The third-order valence-electron chi connectivity index (χ3n) is 2.06. The van der Waals surface area contributed by atoms with E-state index in [2.05, 4.69) is 10.1 Å². The van der Waals surface area contributed by atoms with E-state index in [0.29, 0.717) is 13.0 Å². The van der Waals surface area contributed by atoms with Gasteiger partial charge < -0.3 is 15.9 Å². The first-order chi connectivity index (χ1) is 7.19. The zero-order valence-electron chi connectivity index (χ0n) is 8.20. The first kappa shape index (κ1) is 11.6. The van der Waals surface area contributed by atoms with Crippen molar-refractivity contribution in [2.75, 3.05) is 13.2 Å². The van der Waals surface area contributed by atoms with Gasteiger partial charge in [-0.1, -0.05) is 0 Å². The Kier molecular flexibility index (Phi) is 4.19. The Hall–Kier alpha value is -1.47. The lowest BCUT2D eigenvalue weighted by atomic mass is 10.1. The number of carbonyl (C=O) groups excluding carboxylic acids is 1. The third kappa shape index (κ3) is 3.00. The van der Waals surface area contributed by atoms with Gasteiger partial charge in [-0.3, -0.25) is 4.79 Å². The number of aliphatic hydroxyl groups excluding tert-OH is 2. The fraction of sp³-hybridized carbons (Fsp3) is 0.625. The van der Waals surface area contributed by atoms with Crippen molar-refractivity contribution in [3.63, 3.8) is 0 Å². The van der Waals surface area contributed by atoms with Gasteiger partial charge in [0.1, 0.15) is 6.33 Å². The van der Waals surface area contributed by atoms with Gasteiger partial charge >= 0.3 is 0 Å². The molecular weight excluding hydrogens is 200 g/mol. The molecule has 0 aromatic carbocycles. The Morgan fingerprint density at radius 3 is 2.87 bits per heavy atom. The number of aliphatic hydroxyl groups is 2. The average Bonchev–Trinajstić information content (AvgIpc) is 2.65. The molecule has 0 radical (unpaired) electrons. The van der Waals surface area contributed by atoms with E-state index in [9.17, 15) is 4.79 Å². The number of nitrogens with zero attached hydrogens (tertiary/aromatic N) is 3. The van der Waals surface area contributed by atoms with Crippen LogP contribution in [0, 0.1) is 5.92 Å². The summed E-state index contributed by atoms with van der Waals surface area (Å²) in [5, 5.41) is 21.5. The minimum atomic E-state index is -0.659. The van der Waals surface area contributed by atoms with E-state index in [1.807, 2.05) is 0 Å². The SMILES string of the molecule is NC(=O)c1ncnn1C[C@H](CO)CCO. The molecule has 1 amide bonds. The molecular formula is C8H14N4O3. The van der Waals surface area contributed by atoms with Crippen LogP contribution in [-0.4, -0.2) is 44.1 Å². The number of hydrogen-bond donors (Lipinski definition) is 3. The fourth-order valence-electron chi connectivity index (χ4n) is 1.26. The van der Waals surface area contributed by atoms with E-state index in [-0.39, 0.29) is 25.0 Å². The molecule has 0 aliphatic heterocycles. The van der Waals surface area contributed by atoms with Gasteiger partial charge in [-0.25, -0.2) is 9.67 Å². The summed E-state index contributed by atoms with van der Waals surface area (Å²) >= 11 is 0. The minimum absolute atomic E-state index is 0.0220. The van der Waals surface area contributed by atoms with Crippen LogP contribution >= 0.6 is 0 Å². The smallest absolute Gasteiger partial charge is 0.286 e. The molecule has 0 aliphatic carbocycles. The first-order valence-electron chi connectivity index (χ1n) is 4.58. The Morgan fingerprint density at radius 1 is 1.60 bits per heavy atom. The highest BCUT2D eigenvalue weighted by atomic mass is 16.3. The molecule has 7 heteroatoms. The zero-order chi connectivity index (χ0) is 11.3. The predicted molar refractivity (Wildman–Crippen MR) is 50.8 cm³/mol. The Labute approximate surface area is 86.5 Å². The Morgan fingerprint density at radius 2 is 2.33 bits per heavy atom. The van der Waals surface area contributed by atoms with Gasteiger partial charge in [-0.05, 0) is 6.42 Å². The normalized spacial score (nSPS) is 12.7. The summed E-state index contributed by atoms with van der Waals surface area (Å²) in [6.45, 7) is 0.208. The number of aromatic nitrogens is 3. The van der Waals surface area contributed by atoms with Gasteiger partial charge in [-0.15, -0.1) is 0 Å². The maximum atomic E-state index is 10.9. The van der Waals surface area contributed by atoms with Crippen LogP contribution in [0.3, 0.4) is 0 Å². The van der Waals surface area contributed by atoms with E-state index in [1.165, 1.54) is 11.0 Å². The number of rotatable bonds is 6. The Bertz CT molecular complexity index is 325. The highest BCUT2D eigenvalue weighted by molar-refractivity contribution is 5.88. The summed E-state index contributed by atoms with van der Waals surface area (Å²) in [6.07, 6.45) is 1.67. The van der Waals surface area contributed by atoms with Crippen molar-refractivity contribution in [3.05, 3.63) is 12.2 Å². The van der Waals surface area contributed by atoms with E-state index in [1.54, 1.807) is 0 Å². The van der Waals surface area contributed by atoms with Crippen LogP contribution in [0.15, 0.2) is 6.33 Å². The maximum Gasteiger partial charge on any atom is 0.286 e. The molecule has 0 spiro atoms. The topological polar surface area (TPSA) is 114 Å². The second-order valence-electron chi connectivity index (χ2n) is 3.19. The van der Waals surface area contributed by atoms with Crippen molar-refractivity contribution in [1.82, 2.24) is 14.8 Å². The van der Waals surface area contributed by atoms with E-state index in [4.69, 9.17) is 15.9 Å². The molecule has 0 saturated carbocycles. The second-order valence-corrected chi connectivity index (χ2v) is 3.19. The van der Waals surface area contributed by atoms with Crippen LogP contribution in [0.25, 0.3) is 0 Å². The van der Waals surface area contributed by atoms with Crippen LogP contribution in [0.5, 0.6) is 0 Å². The number of amides is 1. The molecule has 0 fully saturated rings. The lowest BCUT2D eigenvalue weighted by Crippen LogP contribution is -2.23. The Balaban J connectivity index is 2.70. The van der Waals surface area contributed by atoms with Gasteiger partial charge in [-0.2, -0.15) is 5.10 Å². The summed E-state index contributed by atoms with van der Waals surface area (Å²) in [4.78, 5) is 14.6. The second kappa shape index (κ2) is 5.42. The molecule has 1 atom stereocenters. The van der Waals surface area contributed by atoms with Crippen LogP contribution in [0.2, 0.25) is 0 Å². The standard InChI is InChI=1S/C8H14N4O3/c9-7(15)8-10-5-11-12(8)3-6(4-14)1-2-13/h5-6,13-14H,1-4H2,(H2,9,15)/t6-/m1/s1. The molecule has 84 valence electrons. The van der Waals surface area contributed by atoms with Gasteiger partial charge in [0.15, 0.2) is 0 Å². The van der Waals surface area contributed by atoms with Gasteiger partial charge in [0.25, 0.3) is 5.91 Å². The van der Waals surface area contributed by atoms with E-state index in [0.717, 1.165) is 0 Å². The largest absolute Gasteiger partial charge is 0.396 e. The summed E-state index contributed by atoms with van der Waals surface area (Å²) in [5.74, 6) is -0.755. The van der Waals surface area contributed by atoms with Crippen molar-refractivity contribution in [3.8, 4) is 0 Å². The highest BCUT2D eigenvalue weighted by Crippen LogP contribution is 2.06. The molecule has 1 aromatic rings. The molecule has 4 N–H and O–H groups in total. The molecule has 7 nitrogen and oxygen atoms in total. The third-order valence-corrected chi connectivity index (χ3v) is 2.06. The van der Waals surface area contributed by atoms with Gasteiger partial charge in [0, 0.05) is 25.7 Å². The van der Waals surface area contributed by atoms with Crippen LogP contribution in [0.1, 0.15) is 17.0 Å². The van der Waals surface area contributed by atoms with E-state index >= 15 is 0 Å². The average molecular weight is 214 g/mol. The molecule has 0 bridgehead atoms. The molecule has 1 heterocycles. The summed E-state index contributed by atoms with van der Waals surface area (Å²) < 4.78 is 1.33. The van der Waals surface area contributed by atoms with Crippen molar-refractivity contribution in [2.45, 2.75) is 13.0 Å². The lowest BCUT2D eigenvalue weighted by Gasteiger charge is -2.12. The van der Waals surface area contributed by atoms with E-state index < -0.39 is 5.91 Å². The molecule has 15 heavy (non-hydrogen) atoms. The quantitative estimate of drug-likeness (QED) is 0.526. The van der Waals surface area contributed by atoms with Crippen LogP contribution in [0.4, 0.5) is 0 Å². The van der Waals surface area contributed by atoms with Crippen molar-refractivity contribution in [1.29, 1.82) is 0 Å². The fourth-order valence-corrected chi connectivity index (χ4v) is 1.26. The highest BCUT2D eigenvalue weighted by Gasteiger charge is 2.14. The monoisotopic (exact) mass is 214 g/mol. The number of carbonyl (C=O) groups is 1. The molecule has 1 aromatic heterocycles. The summed E-state index contributed by atoms with van der Waals surface area (Å²) in [7, 11) is 0. The number of hydrogen-bond acceptors (Lipinski definition) is 5. The number of nitrogens with two attached hydrogens (primary N) is 1. The summed E-state index contributed by atoms with van der Waals surface area (Å²) in [6, 6.07) is 0. The van der Waals surface area contributed by atoms with Gasteiger partial charge in [0.2, 0.25) is 5.82 Å². The lowest BCUT2D eigenvalue weighted by molar-refractivity contribution is 0.0979.